The van der Waals surface area contributed by atoms with Crippen LogP contribution in [0.2, 0.25) is 0 Å². The molecule has 2 rings (SSSR count). The molecule has 0 aliphatic heterocycles. The molecule has 2 N–H and O–H groups in total. The van der Waals surface area contributed by atoms with Crippen molar-refractivity contribution in [1.29, 1.82) is 0 Å². The van der Waals surface area contributed by atoms with Crippen molar-refractivity contribution < 1.29 is 4.39 Å². The lowest BCUT2D eigenvalue weighted by atomic mass is 9.72. The summed E-state index contributed by atoms with van der Waals surface area (Å²) in [6, 6.07) is 4.86. The molecule has 1 fully saturated rings. The van der Waals surface area contributed by atoms with Crippen LogP contribution in [-0.4, -0.2) is 0 Å². The standard InChI is InChI=1S/C15H21BrFN/c1-2-10-5-3-4-6-12(10)15(18)13-8-7-11(17)9-14(13)16/h7-10,12,15H,2-6,18H2,1H3. The molecular formula is C15H21BrFN. The van der Waals surface area contributed by atoms with E-state index >= 15 is 0 Å². The van der Waals surface area contributed by atoms with Gasteiger partial charge in [-0.1, -0.05) is 54.6 Å². The molecule has 100 valence electrons. The van der Waals surface area contributed by atoms with Crippen LogP contribution in [0.25, 0.3) is 0 Å². The first kappa shape index (κ1) is 14.0. The quantitative estimate of drug-likeness (QED) is 0.852. The second-order valence-corrected chi connectivity index (χ2v) is 6.16. The molecule has 1 saturated carbocycles. The van der Waals surface area contributed by atoms with Gasteiger partial charge in [-0.25, -0.2) is 4.39 Å². The fourth-order valence-electron chi connectivity index (χ4n) is 3.22. The minimum atomic E-state index is -0.214. The van der Waals surface area contributed by atoms with Gasteiger partial charge in [0.2, 0.25) is 0 Å². The number of rotatable bonds is 3. The van der Waals surface area contributed by atoms with Crippen LogP contribution >= 0.6 is 15.9 Å². The van der Waals surface area contributed by atoms with Crippen LogP contribution in [0.1, 0.15) is 50.6 Å². The average Bonchev–Trinajstić information content (AvgIpc) is 2.38. The minimum Gasteiger partial charge on any atom is -0.324 e. The third kappa shape index (κ3) is 2.94. The summed E-state index contributed by atoms with van der Waals surface area (Å²) in [6.45, 7) is 2.25. The summed E-state index contributed by atoms with van der Waals surface area (Å²) in [4.78, 5) is 0. The molecule has 3 atom stereocenters. The highest BCUT2D eigenvalue weighted by Gasteiger charge is 2.30. The molecule has 3 unspecified atom stereocenters. The van der Waals surface area contributed by atoms with Gasteiger partial charge in [-0.3, -0.25) is 0 Å². The summed E-state index contributed by atoms with van der Waals surface area (Å²) in [7, 11) is 0. The molecule has 0 amide bonds. The summed E-state index contributed by atoms with van der Waals surface area (Å²) in [5, 5.41) is 0. The van der Waals surface area contributed by atoms with Crippen molar-refractivity contribution in [1.82, 2.24) is 0 Å². The van der Waals surface area contributed by atoms with E-state index in [1.807, 2.05) is 6.07 Å². The van der Waals surface area contributed by atoms with E-state index < -0.39 is 0 Å². The van der Waals surface area contributed by atoms with Crippen LogP contribution in [0.3, 0.4) is 0 Å². The van der Waals surface area contributed by atoms with Crippen molar-refractivity contribution in [2.45, 2.75) is 45.1 Å². The van der Waals surface area contributed by atoms with Crippen LogP contribution in [0.5, 0.6) is 0 Å². The van der Waals surface area contributed by atoms with Gasteiger partial charge in [-0.15, -0.1) is 0 Å². The van der Waals surface area contributed by atoms with Crippen LogP contribution in [-0.2, 0) is 0 Å². The summed E-state index contributed by atoms with van der Waals surface area (Å²) in [5.74, 6) is 1.03. The van der Waals surface area contributed by atoms with E-state index in [9.17, 15) is 4.39 Å². The molecule has 1 aromatic rings. The van der Waals surface area contributed by atoms with Crippen LogP contribution < -0.4 is 5.73 Å². The Kier molecular flexibility index (Phi) is 4.79. The van der Waals surface area contributed by atoms with Gasteiger partial charge in [0, 0.05) is 10.5 Å². The first-order valence-electron chi connectivity index (χ1n) is 6.84. The van der Waals surface area contributed by atoms with Crippen molar-refractivity contribution >= 4 is 15.9 Å². The highest BCUT2D eigenvalue weighted by atomic mass is 79.9. The van der Waals surface area contributed by atoms with Gasteiger partial charge in [0.05, 0.1) is 0 Å². The Labute approximate surface area is 117 Å². The molecule has 0 radical (unpaired) electrons. The summed E-state index contributed by atoms with van der Waals surface area (Å²) < 4.78 is 13.9. The van der Waals surface area contributed by atoms with E-state index in [1.54, 1.807) is 0 Å². The van der Waals surface area contributed by atoms with E-state index in [0.717, 1.165) is 10.0 Å². The molecule has 0 saturated heterocycles. The third-order valence-corrected chi connectivity index (χ3v) is 4.96. The maximum absolute atomic E-state index is 13.1. The Bertz CT molecular complexity index is 407. The topological polar surface area (TPSA) is 26.0 Å². The third-order valence-electron chi connectivity index (χ3n) is 4.28. The molecule has 0 spiro atoms. The predicted octanol–water partition coefficient (Wildman–Crippen LogP) is 4.80. The molecule has 0 aromatic heterocycles. The number of benzene rings is 1. The van der Waals surface area contributed by atoms with E-state index in [0.29, 0.717) is 11.8 Å². The second-order valence-electron chi connectivity index (χ2n) is 5.31. The summed E-state index contributed by atoms with van der Waals surface area (Å²) in [5.41, 5.74) is 7.48. The zero-order chi connectivity index (χ0) is 13.1. The fourth-order valence-corrected chi connectivity index (χ4v) is 3.83. The monoisotopic (exact) mass is 313 g/mol. The lowest BCUT2D eigenvalue weighted by molar-refractivity contribution is 0.196. The van der Waals surface area contributed by atoms with Crippen LogP contribution in [0.4, 0.5) is 4.39 Å². The van der Waals surface area contributed by atoms with Crippen molar-refractivity contribution in [3.8, 4) is 0 Å². The maximum atomic E-state index is 13.1. The zero-order valence-electron chi connectivity index (χ0n) is 10.8. The largest absolute Gasteiger partial charge is 0.324 e. The molecule has 1 nitrogen and oxygen atoms in total. The Morgan fingerprint density at radius 2 is 2.11 bits per heavy atom. The minimum absolute atomic E-state index is 0.0187. The number of nitrogens with two attached hydrogens (primary N) is 1. The first-order chi connectivity index (χ1) is 8.63. The molecule has 18 heavy (non-hydrogen) atoms. The highest BCUT2D eigenvalue weighted by Crippen LogP contribution is 2.40. The highest BCUT2D eigenvalue weighted by molar-refractivity contribution is 9.10. The van der Waals surface area contributed by atoms with Crippen LogP contribution in [0, 0.1) is 17.7 Å². The van der Waals surface area contributed by atoms with Crippen LogP contribution in [0.15, 0.2) is 22.7 Å². The smallest absolute Gasteiger partial charge is 0.124 e. The lowest BCUT2D eigenvalue weighted by Gasteiger charge is -2.35. The van der Waals surface area contributed by atoms with Crippen molar-refractivity contribution in [3.05, 3.63) is 34.1 Å². The lowest BCUT2D eigenvalue weighted by Crippen LogP contribution is -2.30. The van der Waals surface area contributed by atoms with Gasteiger partial charge in [-0.05, 0) is 36.0 Å². The molecule has 1 aromatic carbocycles. The SMILES string of the molecule is CCC1CCCCC1C(N)c1ccc(F)cc1Br. The number of hydrogen-bond acceptors (Lipinski definition) is 1. The molecular weight excluding hydrogens is 293 g/mol. The van der Waals surface area contributed by atoms with Gasteiger partial charge in [0.15, 0.2) is 0 Å². The van der Waals surface area contributed by atoms with Gasteiger partial charge in [0.1, 0.15) is 5.82 Å². The van der Waals surface area contributed by atoms with Crippen molar-refractivity contribution in [2.24, 2.45) is 17.6 Å². The van der Waals surface area contributed by atoms with E-state index in [-0.39, 0.29) is 11.9 Å². The Balaban J connectivity index is 2.20. The Morgan fingerprint density at radius 1 is 1.39 bits per heavy atom. The number of halogens is 2. The Hall–Kier alpha value is -0.410. The van der Waals surface area contributed by atoms with Gasteiger partial charge in [-0.2, -0.15) is 0 Å². The maximum Gasteiger partial charge on any atom is 0.124 e. The molecule has 3 heteroatoms. The average molecular weight is 314 g/mol. The summed E-state index contributed by atoms with van der Waals surface area (Å²) in [6.07, 6.45) is 6.27. The second kappa shape index (κ2) is 6.16. The first-order valence-corrected chi connectivity index (χ1v) is 7.63. The molecule has 1 aliphatic rings. The molecule has 1 aliphatic carbocycles. The van der Waals surface area contributed by atoms with E-state index in [4.69, 9.17) is 5.73 Å². The normalized spacial score (nSPS) is 26.0. The molecule has 0 heterocycles. The fraction of sp³-hybridized carbons (Fsp3) is 0.600. The zero-order valence-corrected chi connectivity index (χ0v) is 12.4. The molecule has 0 bridgehead atoms. The number of hydrogen-bond donors (Lipinski definition) is 1. The predicted molar refractivity (Wildman–Crippen MR) is 76.8 cm³/mol. The van der Waals surface area contributed by atoms with Gasteiger partial charge in [0.25, 0.3) is 0 Å². The van der Waals surface area contributed by atoms with Gasteiger partial charge < -0.3 is 5.73 Å². The van der Waals surface area contributed by atoms with E-state index in [1.165, 1.54) is 44.2 Å². The van der Waals surface area contributed by atoms with Crippen molar-refractivity contribution in [3.63, 3.8) is 0 Å². The van der Waals surface area contributed by atoms with Gasteiger partial charge >= 0.3 is 0 Å². The van der Waals surface area contributed by atoms with E-state index in [2.05, 4.69) is 22.9 Å². The summed E-state index contributed by atoms with van der Waals surface area (Å²) >= 11 is 3.44. The Morgan fingerprint density at radius 3 is 2.78 bits per heavy atom. The van der Waals surface area contributed by atoms with Crippen molar-refractivity contribution in [2.75, 3.05) is 0 Å².